The van der Waals surface area contributed by atoms with Crippen LogP contribution in [-0.2, 0) is 6.54 Å². The molecule has 0 bridgehead atoms. The highest BCUT2D eigenvalue weighted by Crippen LogP contribution is 2.50. The third-order valence-electron chi connectivity index (χ3n) is 6.32. The molecule has 0 radical (unpaired) electrons. The van der Waals surface area contributed by atoms with Crippen LogP contribution in [0.4, 0.5) is 5.69 Å². The van der Waals surface area contributed by atoms with Gasteiger partial charge in [-0.1, -0.05) is 42.3 Å². The number of nitrogens with one attached hydrogen (secondary N) is 1. The number of aryl methyl sites for hydroxylation is 1. The van der Waals surface area contributed by atoms with E-state index in [-0.39, 0.29) is 0 Å². The van der Waals surface area contributed by atoms with Crippen molar-refractivity contribution in [2.75, 3.05) is 19.5 Å². The van der Waals surface area contributed by atoms with Crippen LogP contribution < -0.4 is 14.8 Å². The second-order valence-corrected chi connectivity index (χ2v) is 9.05. The van der Waals surface area contributed by atoms with E-state index in [1.807, 2.05) is 36.4 Å². The molecule has 1 saturated carbocycles. The second-order valence-electron chi connectivity index (χ2n) is 8.62. The van der Waals surface area contributed by atoms with Crippen LogP contribution in [-0.4, -0.2) is 19.3 Å². The number of ether oxygens (including phenoxy) is 2. The highest BCUT2D eigenvalue weighted by molar-refractivity contribution is 6.30. The zero-order valence-corrected chi connectivity index (χ0v) is 19.7. The van der Waals surface area contributed by atoms with Gasteiger partial charge in [-0.25, -0.2) is 0 Å². The quantitative estimate of drug-likeness (QED) is 0.411. The topological polar surface area (TPSA) is 50.7 Å². The third-order valence-corrected chi connectivity index (χ3v) is 6.55. The maximum absolute atomic E-state index is 11.5. The first-order valence-electron chi connectivity index (χ1n) is 10.9. The number of benzene rings is 3. The van der Waals surface area contributed by atoms with Crippen LogP contribution in [0.15, 0.2) is 54.6 Å². The van der Waals surface area contributed by atoms with Crippen LogP contribution in [0.1, 0.15) is 53.2 Å². The number of anilines is 1. The average molecular weight is 452 g/mol. The van der Waals surface area contributed by atoms with Gasteiger partial charge in [0.05, 0.1) is 14.2 Å². The second kappa shape index (κ2) is 9.43. The molecular weight excluding hydrogens is 422 g/mol. The Labute approximate surface area is 195 Å². The number of hydrogen-bond donors (Lipinski definition) is 2. The van der Waals surface area contributed by atoms with Crippen LogP contribution in [0, 0.1) is 12.8 Å². The van der Waals surface area contributed by atoms with E-state index in [4.69, 9.17) is 21.1 Å². The number of methoxy groups -OCH3 is 2. The molecule has 32 heavy (non-hydrogen) atoms. The standard InChI is InChI=1S/C27H30ClNO3/c1-16-5-9-21(23(11-16)22-12-17(22)2)27(30)24-13-19(28)7-10-25(24)29-15-18-6-8-20(31-3)14-26(18)32-4/h5-11,13-14,17,22,27,29-30H,12,15H2,1-4H3/t17?,22-,27?/m1/s1. The van der Waals surface area contributed by atoms with Crippen LogP contribution in [0.5, 0.6) is 11.5 Å². The van der Waals surface area contributed by atoms with E-state index >= 15 is 0 Å². The maximum atomic E-state index is 11.5. The van der Waals surface area contributed by atoms with Crippen LogP contribution in [0.25, 0.3) is 0 Å². The smallest absolute Gasteiger partial charge is 0.127 e. The number of aliphatic hydroxyl groups excluding tert-OH is 1. The Bertz CT molecular complexity index is 1110. The fourth-order valence-corrected chi connectivity index (χ4v) is 4.48. The first kappa shape index (κ1) is 22.5. The number of aliphatic hydroxyl groups is 1. The van der Waals surface area contributed by atoms with Crippen LogP contribution >= 0.6 is 11.6 Å². The van der Waals surface area contributed by atoms with Gasteiger partial charge in [-0.3, -0.25) is 0 Å². The molecule has 0 amide bonds. The lowest BCUT2D eigenvalue weighted by Gasteiger charge is -2.21. The van der Waals surface area contributed by atoms with Crippen molar-refractivity contribution in [2.45, 2.75) is 38.8 Å². The lowest BCUT2D eigenvalue weighted by atomic mass is 9.91. The molecular formula is C27H30ClNO3. The SMILES string of the molecule is COc1ccc(CNc2ccc(Cl)cc2C(O)c2ccc(C)cc2[C@@H]2CC2C)c(OC)c1. The molecule has 0 heterocycles. The van der Waals surface area contributed by atoms with Gasteiger partial charge in [0.25, 0.3) is 0 Å². The summed E-state index contributed by atoms with van der Waals surface area (Å²) in [7, 11) is 3.28. The lowest BCUT2D eigenvalue weighted by molar-refractivity contribution is 0.219. The predicted molar refractivity (Wildman–Crippen MR) is 130 cm³/mol. The molecule has 3 atom stereocenters. The van der Waals surface area contributed by atoms with Crippen molar-refractivity contribution in [1.82, 2.24) is 0 Å². The van der Waals surface area contributed by atoms with E-state index in [0.29, 0.717) is 23.4 Å². The molecule has 3 aromatic carbocycles. The summed E-state index contributed by atoms with van der Waals surface area (Å²) in [6.07, 6.45) is 0.401. The fraction of sp³-hybridized carbons (Fsp3) is 0.333. The summed E-state index contributed by atoms with van der Waals surface area (Å²) in [6, 6.07) is 17.7. The van der Waals surface area contributed by atoms with Crippen molar-refractivity contribution in [3.8, 4) is 11.5 Å². The highest BCUT2D eigenvalue weighted by Gasteiger charge is 2.36. The Kier molecular flexibility index (Phi) is 6.63. The molecule has 0 aliphatic heterocycles. The van der Waals surface area contributed by atoms with E-state index in [1.165, 1.54) is 17.5 Å². The fourth-order valence-electron chi connectivity index (χ4n) is 4.30. The normalized spacial score (nSPS) is 18.2. The van der Waals surface area contributed by atoms with Crippen molar-refractivity contribution >= 4 is 17.3 Å². The van der Waals surface area contributed by atoms with Crippen LogP contribution in [0.3, 0.4) is 0 Å². The minimum absolute atomic E-state index is 0.513. The molecule has 0 saturated heterocycles. The molecule has 1 fully saturated rings. The number of hydrogen-bond acceptors (Lipinski definition) is 4. The summed E-state index contributed by atoms with van der Waals surface area (Å²) in [4.78, 5) is 0. The van der Waals surface area contributed by atoms with Crippen molar-refractivity contribution < 1.29 is 14.6 Å². The Balaban J connectivity index is 1.64. The molecule has 0 aromatic heterocycles. The summed E-state index contributed by atoms with van der Waals surface area (Å²) in [5, 5.41) is 15.5. The molecule has 2 unspecified atom stereocenters. The van der Waals surface area contributed by atoms with Crippen molar-refractivity contribution in [3.63, 3.8) is 0 Å². The molecule has 168 valence electrons. The van der Waals surface area contributed by atoms with Crippen molar-refractivity contribution in [3.05, 3.63) is 87.4 Å². The first-order chi connectivity index (χ1) is 15.4. The molecule has 5 heteroatoms. The lowest BCUT2D eigenvalue weighted by Crippen LogP contribution is -2.09. The maximum Gasteiger partial charge on any atom is 0.127 e. The summed E-state index contributed by atoms with van der Waals surface area (Å²) in [6.45, 7) is 4.90. The summed E-state index contributed by atoms with van der Waals surface area (Å²) in [5.74, 6) is 2.66. The van der Waals surface area contributed by atoms with Gasteiger partial charge >= 0.3 is 0 Å². The summed E-state index contributed by atoms with van der Waals surface area (Å²) in [5.41, 5.74) is 6.01. The van der Waals surface area contributed by atoms with E-state index in [9.17, 15) is 5.11 Å². The molecule has 1 aliphatic carbocycles. The van der Waals surface area contributed by atoms with E-state index < -0.39 is 6.10 Å². The molecule has 3 aromatic rings. The molecule has 4 nitrogen and oxygen atoms in total. The summed E-state index contributed by atoms with van der Waals surface area (Å²) < 4.78 is 10.8. The summed E-state index contributed by atoms with van der Waals surface area (Å²) >= 11 is 6.34. The predicted octanol–water partition coefficient (Wildman–Crippen LogP) is 6.48. The van der Waals surface area contributed by atoms with Gasteiger partial charge in [0, 0.05) is 34.4 Å². The van der Waals surface area contributed by atoms with Gasteiger partial charge in [-0.05, 0) is 66.6 Å². The van der Waals surface area contributed by atoms with Crippen molar-refractivity contribution in [2.24, 2.45) is 5.92 Å². The highest BCUT2D eigenvalue weighted by atomic mass is 35.5. The van der Waals surface area contributed by atoms with Gasteiger partial charge in [0.15, 0.2) is 0 Å². The van der Waals surface area contributed by atoms with E-state index in [1.54, 1.807) is 14.2 Å². The molecule has 0 spiro atoms. The zero-order chi connectivity index (χ0) is 22.8. The first-order valence-corrected chi connectivity index (χ1v) is 11.3. The largest absolute Gasteiger partial charge is 0.497 e. The zero-order valence-electron chi connectivity index (χ0n) is 19.0. The number of halogens is 1. The Hall–Kier alpha value is -2.69. The van der Waals surface area contributed by atoms with Gasteiger partial charge < -0.3 is 19.9 Å². The van der Waals surface area contributed by atoms with E-state index in [0.717, 1.165) is 33.9 Å². The van der Waals surface area contributed by atoms with Gasteiger partial charge in [0.2, 0.25) is 0 Å². The molecule has 2 N–H and O–H groups in total. The average Bonchev–Trinajstić information content (AvgIpc) is 3.53. The third kappa shape index (κ3) is 4.72. The van der Waals surface area contributed by atoms with E-state index in [2.05, 4.69) is 37.4 Å². The van der Waals surface area contributed by atoms with Crippen molar-refractivity contribution in [1.29, 1.82) is 0 Å². The minimum atomic E-state index is -0.766. The van der Waals surface area contributed by atoms with Gasteiger partial charge in [0.1, 0.15) is 17.6 Å². The number of rotatable bonds is 8. The van der Waals surface area contributed by atoms with Crippen LogP contribution in [0.2, 0.25) is 5.02 Å². The minimum Gasteiger partial charge on any atom is -0.497 e. The Morgan fingerprint density at radius 1 is 1.03 bits per heavy atom. The monoisotopic (exact) mass is 451 g/mol. The van der Waals surface area contributed by atoms with Gasteiger partial charge in [-0.15, -0.1) is 0 Å². The Morgan fingerprint density at radius 2 is 1.81 bits per heavy atom. The molecule has 4 rings (SSSR count). The molecule has 1 aliphatic rings. The Morgan fingerprint density at radius 3 is 2.50 bits per heavy atom. The van der Waals surface area contributed by atoms with Gasteiger partial charge in [-0.2, -0.15) is 0 Å².